The highest BCUT2D eigenvalue weighted by atomic mass is 32.2. The fourth-order valence-corrected chi connectivity index (χ4v) is 12.1. The number of likely N-dealkylation sites (tertiary alicyclic amines) is 1. The maximum absolute atomic E-state index is 15.7. The molecule has 3 aromatic carbocycles. The number of nitrogens with one attached hydrogen (secondary N) is 2. The number of carbonyl (C=O) groups excluding carboxylic acids is 2. The van der Waals surface area contributed by atoms with Gasteiger partial charge in [0.2, 0.25) is 5.91 Å². The second-order valence-electron chi connectivity index (χ2n) is 18.9. The number of halogens is 2. The number of urea groups is 1. The van der Waals surface area contributed by atoms with E-state index >= 15 is 8.78 Å². The molecule has 2 saturated carbocycles. The van der Waals surface area contributed by atoms with E-state index in [-0.39, 0.29) is 70.3 Å². The van der Waals surface area contributed by atoms with Gasteiger partial charge < -0.3 is 24.0 Å². The topological polar surface area (TPSA) is 166 Å². The number of nitriles is 1. The third-order valence-corrected chi connectivity index (χ3v) is 15.9. The largest absolute Gasteiger partial charge is 0.453 e. The molecule has 2 spiro atoms. The highest BCUT2D eigenvalue weighted by Gasteiger charge is 2.56. The number of anilines is 3. The molecule has 6 fully saturated rings. The van der Waals surface area contributed by atoms with Gasteiger partial charge in [-0.2, -0.15) is 10.4 Å². The normalized spacial score (nSPS) is 23.1. The molecule has 6 aliphatic rings. The Balaban J connectivity index is 0.688. The van der Waals surface area contributed by atoms with E-state index in [0.29, 0.717) is 39.5 Å². The summed E-state index contributed by atoms with van der Waals surface area (Å²) >= 11 is 1.33. The Hall–Kier alpha value is -5.81. The molecule has 2 N–H and O–H groups in total. The highest BCUT2D eigenvalue weighted by Crippen LogP contribution is 2.57. The number of carbonyl (C=O) groups is 2. The van der Waals surface area contributed by atoms with Crippen LogP contribution in [0.15, 0.2) is 53.6 Å². The van der Waals surface area contributed by atoms with Crippen molar-refractivity contribution in [3.8, 4) is 17.6 Å². The number of nitrogens with zero attached hydrogens (tertiary/aromatic N) is 9. The van der Waals surface area contributed by atoms with E-state index in [1.165, 1.54) is 35.2 Å². The number of rotatable bonds is 10. The van der Waals surface area contributed by atoms with Gasteiger partial charge in [0.15, 0.2) is 17.4 Å². The standard InChI is InChI=1S/C46H49F2N11O5S/c1-54-38-17-39(35(48)16-32(38)42(52-54)58-12-8-40(60)51-44(58)62)56-24-46(25-56)18-27(19-46)55-13-9-45(10-14-55)20-28(21-45)59-26-50-36-5-3-29(15-31(36)43(59)61)64-41-33(22-49)37(6-4-34(41)47)53-65-57-11-7-30(23-57)63-2/h3-6,15-17,26-28,30,53H,7-14,18-21,23-25H2,1-2H3,(H,51,60,62). The molecule has 0 bridgehead atoms. The maximum atomic E-state index is 15.7. The monoisotopic (exact) mass is 905 g/mol. The summed E-state index contributed by atoms with van der Waals surface area (Å²) < 4.78 is 51.0. The number of aromatic nitrogens is 4. The zero-order valence-electron chi connectivity index (χ0n) is 36.2. The SMILES string of the molecule is COC1CCN(SNc2ccc(F)c(Oc3ccc4ncn(C5CC6(CCN(C7CC8(C7)CN(c7cc9c(cc7F)c(N7CCC(=O)NC7=O)nn9C)C8)CC6)C5)c(=O)c4c3)c2C#N)C1. The summed E-state index contributed by atoms with van der Waals surface area (Å²) in [5.41, 5.74) is 2.43. The quantitative estimate of drug-likeness (QED) is 0.147. The van der Waals surface area contributed by atoms with E-state index in [4.69, 9.17) is 9.47 Å². The molecule has 3 amide bonds. The van der Waals surface area contributed by atoms with E-state index in [2.05, 4.69) is 40.3 Å². The summed E-state index contributed by atoms with van der Waals surface area (Å²) in [4.78, 5) is 48.9. The molecule has 11 rings (SSSR count). The highest BCUT2D eigenvalue weighted by molar-refractivity contribution is 7.98. The third kappa shape index (κ3) is 7.34. The van der Waals surface area contributed by atoms with Gasteiger partial charge in [0, 0.05) is 88.3 Å². The number of hydrogen-bond donors (Lipinski definition) is 2. The summed E-state index contributed by atoms with van der Waals surface area (Å²) in [5, 5.41) is 17.8. The fourth-order valence-electron chi connectivity index (χ4n) is 11.2. The van der Waals surface area contributed by atoms with Gasteiger partial charge in [-0.25, -0.2) is 22.9 Å². The molecular weight excluding hydrogens is 857 g/mol. The maximum Gasteiger partial charge on any atom is 0.329 e. The van der Waals surface area contributed by atoms with Crippen LogP contribution in [0.1, 0.15) is 63.0 Å². The number of imide groups is 1. The first-order chi connectivity index (χ1) is 31.4. The van der Waals surface area contributed by atoms with E-state index in [9.17, 15) is 19.6 Å². The Morgan fingerprint density at radius 3 is 2.46 bits per heavy atom. The first-order valence-corrected chi connectivity index (χ1v) is 23.1. The summed E-state index contributed by atoms with van der Waals surface area (Å²) in [6.45, 7) is 5.36. The second kappa shape index (κ2) is 16.0. The van der Waals surface area contributed by atoms with Gasteiger partial charge in [-0.3, -0.25) is 29.1 Å². The Morgan fingerprint density at radius 2 is 1.72 bits per heavy atom. The Kier molecular flexibility index (Phi) is 10.3. The molecule has 4 saturated heterocycles. The van der Waals surface area contributed by atoms with Crippen LogP contribution in [0.3, 0.4) is 0 Å². The summed E-state index contributed by atoms with van der Waals surface area (Å²) in [5.74, 6) is -0.999. The number of fused-ring (bicyclic) bond motifs is 2. The Bertz CT molecular complexity index is 2850. The van der Waals surface area contributed by atoms with Gasteiger partial charge >= 0.3 is 6.03 Å². The molecule has 4 aliphatic heterocycles. The second-order valence-corrected chi connectivity index (χ2v) is 19.8. The average molecular weight is 906 g/mol. The minimum Gasteiger partial charge on any atom is -0.453 e. The molecule has 338 valence electrons. The molecule has 1 atom stereocenters. The van der Waals surface area contributed by atoms with Gasteiger partial charge in [-0.15, -0.1) is 0 Å². The van der Waals surface area contributed by atoms with Crippen LogP contribution in [0, 0.1) is 33.8 Å². The summed E-state index contributed by atoms with van der Waals surface area (Å²) in [7, 11) is 3.47. The van der Waals surface area contributed by atoms with Crippen molar-refractivity contribution >= 4 is 63.1 Å². The number of benzene rings is 3. The molecule has 65 heavy (non-hydrogen) atoms. The number of piperidine rings is 1. The average Bonchev–Trinajstić information content (AvgIpc) is 3.86. The third-order valence-electron chi connectivity index (χ3n) is 15.0. The van der Waals surface area contributed by atoms with Crippen LogP contribution in [-0.4, -0.2) is 106 Å². The van der Waals surface area contributed by atoms with Gasteiger partial charge in [0.05, 0.1) is 40.2 Å². The number of aryl methyl sites for hydroxylation is 1. The van der Waals surface area contributed by atoms with Gasteiger partial charge in [0.1, 0.15) is 23.2 Å². The summed E-state index contributed by atoms with van der Waals surface area (Å²) in [6.07, 6.45) is 8.98. The molecule has 19 heteroatoms. The predicted octanol–water partition coefficient (Wildman–Crippen LogP) is 6.45. The predicted molar refractivity (Wildman–Crippen MR) is 241 cm³/mol. The van der Waals surface area contributed by atoms with Crippen molar-refractivity contribution in [3.63, 3.8) is 0 Å². The molecule has 16 nitrogen and oxygen atoms in total. The molecular formula is C46H49F2N11O5S. The van der Waals surface area contributed by atoms with E-state index < -0.39 is 11.8 Å². The van der Waals surface area contributed by atoms with Gasteiger partial charge in [0.25, 0.3) is 5.56 Å². The van der Waals surface area contributed by atoms with Crippen molar-refractivity contribution < 1.29 is 27.8 Å². The fraction of sp³-hybridized carbons (Fsp3) is 0.478. The van der Waals surface area contributed by atoms with Crippen LogP contribution < -0.4 is 30.1 Å². The molecule has 2 aliphatic carbocycles. The smallest absolute Gasteiger partial charge is 0.329 e. The molecule has 2 aromatic heterocycles. The first-order valence-electron chi connectivity index (χ1n) is 22.3. The molecule has 5 aromatic rings. The van der Waals surface area contributed by atoms with Crippen LogP contribution in [-0.2, 0) is 16.6 Å². The van der Waals surface area contributed by atoms with Crippen LogP contribution in [0.5, 0.6) is 11.5 Å². The minimum atomic E-state index is -0.685. The number of amides is 3. The van der Waals surface area contributed by atoms with Crippen LogP contribution in [0.2, 0.25) is 0 Å². The number of ether oxygens (including phenoxy) is 2. The lowest BCUT2D eigenvalue weighted by molar-refractivity contribution is -0.120. The van der Waals surface area contributed by atoms with Crippen molar-refractivity contribution in [2.75, 3.05) is 67.4 Å². The lowest BCUT2D eigenvalue weighted by Crippen LogP contribution is -2.67. The molecule has 0 radical (unpaired) electrons. The molecule has 6 heterocycles. The van der Waals surface area contributed by atoms with Gasteiger partial charge in [-0.05, 0) is 106 Å². The van der Waals surface area contributed by atoms with Crippen molar-refractivity contribution in [1.82, 2.24) is 33.9 Å². The first kappa shape index (κ1) is 41.9. The van der Waals surface area contributed by atoms with Crippen molar-refractivity contribution in [3.05, 3.63) is 76.3 Å². The number of hydrogen-bond acceptors (Lipinski definition) is 13. The van der Waals surface area contributed by atoms with Crippen LogP contribution in [0.25, 0.3) is 21.8 Å². The van der Waals surface area contributed by atoms with Crippen LogP contribution in [0.4, 0.5) is 30.8 Å². The zero-order valence-corrected chi connectivity index (χ0v) is 37.0. The van der Waals surface area contributed by atoms with Gasteiger partial charge in [-0.1, -0.05) is 0 Å². The lowest BCUT2D eigenvalue weighted by Gasteiger charge is -2.63. The van der Waals surface area contributed by atoms with Crippen LogP contribution >= 0.6 is 12.1 Å². The molecule has 1 unspecified atom stereocenters. The van der Waals surface area contributed by atoms with Crippen molar-refractivity contribution in [2.24, 2.45) is 17.9 Å². The minimum absolute atomic E-state index is 0.0253. The number of methoxy groups -OCH3 is 1. The van der Waals surface area contributed by atoms with Crippen molar-refractivity contribution in [2.45, 2.75) is 69.6 Å². The van der Waals surface area contributed by atoms with Crippen molar-refractivity contribution in [1.29, 1.82) is 5.26 Å². The van der Waals surface area contributed by atoms with E-state index in [0.717, 1.165) is 89.7 Å². The Labute approximate surface area is 377 Å². The van der Waals surface area contributed by atoms with E-state index in [1.54, 1.807) is 47.9 Å². The van der Waals surface area contributed by atoms with E-state index in [1.807, 2.05) is 6.07 Å². The Morgan fingerprint density at radius 1 is 0.938 bits per heavy atom. The zero-order chi connectivity index (χ0) is 44.8. The summed E-state index contributed by atoms with van der Waals surface area (Å²) in [6, 6.07) is 13.0. The lowest BCUT2D eigenvalue weighted by atomic mass is 9.57.